The van der Waals surface area contributed by atoms with Crippen molar-refractivity contribution in [3.8, 4) is 0 Å². The van der Waals surface area contributed by atoms with E-state index in [1.54, 1.807) is 0 Å². The average Bonchev–Trinajstić information content (AvgIpc) is 3.13. The molecule has 1 unspecified atom stereocenters. The fraction of sp³-hybridized carbons (Fsp3) is 0.455. The largest absolute Gasteiger partial charge is 0.480 e. The molecule has 2 rings (SSSR count). The maximum absolute atomic E-state index is 11.9. The summed E-state index contributed by atoms with van der Waals surface area (Å²) in [6.07, 6.45) is 4.06. The van der Waals surface area contributed by atoms with Crippen molar-refractivity contribution < 1.29 is 14.7 Å². The Hall–Kier alpha value is -1.69. The Labute approximate surface area is 108 Å². The van der Waals surface area contributed by atoms with Crippen molar-refractivity contribution in [1.29, 1.82) is 0 Å². The minimum Gasteiger partial charge on any atom is -0.480 e. The van der Waals surface area contributed by atoms with E-state index in [1.165, 1.54) is 19.3 Å². The van der Waals surface area contributed by atoms with Crippen LogP contribution in [0.2, 0.25) is 5.15 Å². The highest BCUT2D eigenvalue weighted by Crippen LogP contribution is 2.39. The maximum Gasteiger partial charge on any atom is 0.329 e. The number of aliphatic carboxylic acids is 1. The van der Waals surface area contributed by atoms with E-state index in [0.717, 1.165) is 12.8 Å². The van der Waals surface area contributed by atoms with Crippen molar-refractivity contribution in [2.24, 2.45) is 5.92 Å². The third-order valence-corrected chi connectivity index (χ3v) is 3.26. The van der Waals surface area contributed by atoms with Crippen LogP contribution in [0.5, 0.6) is 0 Å². The molecule has 1 saturated carbocycles. The van der Waals surface area contributed by atoms with Crippen LogP contribution >= 0.6 is 11.6 Å². The van der Waals surface area contributed by atoms with Gasteiger partial charge in [-0.25, -0.2) is 14.8 Å². The number of carbonyl (C=O) groups is 2. The van der Waals surface area contributed by atoms with Gasteiger partial charge in [0, 0.05) is 0 Å². The third kappa shape index (κ3) is 2.43. The number of carboxylic acids is 1. The molecule has 1 atom stereocenters. The lowest BCUT2D eigenvalue weighted by atomic mass is 9.96. The van der Waals surface area contributed by atoms with Crippen molar-refractivity contribution in [2.75, 3.05) is 0 Å². The predicted molar refractivity (Wildman–Crippen MR) is 63.3 cm³/mol. The normalized spacial score (nSPS) is 17.9. The molecule has 18 heavy (non-hydrogen) atoms. The van der Waals surface area contributed by atoms with Crippen LogP contribution in [-0.4, -0.2) is 32.5 Å². The zero-order valence-corrected chi connectivity index (χ0v) is 10.4. The van der Waals surface area contributed by atoms with E-state index >= 15 is 0 Å². The fourth-order valence-corrected chi connectivity index (χ4v) is 1.82. The van der Waals surface area contributed by atoms with Gasteiger partial charge in [-0.3, -0.25) is 4.79 Å². The van der Waals surface area contributed by atoms with Crippen LogP contribution < -0.4 is 5.32 Å². The van der Waals surface area contributed by atoms with E-state index in [9.17, 15) is 14.7 Å². The molecule has 0 saturated heterocycles. The molecule has 0 aliphatic heterocycles. The highest BCUT2D eigenvalue weighted by molar-refractivity contribution is 6.29. The summed E-state index contributed by atoms with van der Waals surface area (Å²) in [4.78, 5) is 30.7. The number of aromatic nitrogens is 2. The van der Waals surface area contributed by atoms with Gasteiger partial charge in [-0.05, 0) is 25.7 Å². The lowest BCUT2D eigenvalue weighted by Gasteiger charge is -2.25. The summed E-state index contributed by atoms with van der Waals surface area (Å²) in [5.41, 5.74) is -1.20. The molecule has 1 fully saturated rings. The second-order valence-electron chi connectivity index (χ2n) is 4.46. The molecular formula is C11H12ClN3O3. The van der Waals surface area contributed by atoms with Crippen molar-refractivity contribution in [2.45, 2.75) is 25.3 Å². The molecule has 1 heterocycles. The average molecular weight is 270 g/mol. The SMILES string of the molecule is CC(NC(=O)c1cnc(Cl)cn1)(C(=O)O)C1CC1. The predicted octanol–water partition coefficient (Wildman–Crippen LogP) is 1.11. The van der Waals surface area contributed by atoms with Crippen molar-refractivity contribution in [3.63, 3.8) is 0 Å². The van der Waals surface area contributed by atoms with E-state index in [2.05, 4.69) is 15.3 Å². The smallest absolute Gasteiger partial charge is 0.329 e. The number of carbonyl (C=O) groups excluding carboxylic acids is 1. The Morgan fingerprint density at radius 2 is 2.11 bits per heavy atom. The minimum atomic E-state index is -1.25. The van der Waals surface area contributed by atoms with Crippen molar-refractivity contribution in [1.82, 2.24) is 15.3 Å². The minimum absolute atomic E-state index is 0.0285. The Morgan fingerprint density at radius 1 is 1.44 bits per heavy atom. The topological polar surface area (TPSA) is 92.2 Å². The fourth-order valence-electron chi connectivity index (χ4n) is 1.72. The highest BCUT2D eigenvalue weighted by Gasteiger charge is 2.48. The van der Waals surface area contributed by atoms with Crippen LogP contribution in [-0.2, 0) is 4.79 Å². The number of nitrogens with zero attached hydrogens (tertiary/aromatic N) is 2. The monoisotopic (exact) mass is 269 g/mol. The lowest BCUT2D eigenvalue weighted by molar-refractivity contribution is -0.144. The first-order valence-electron chi connectivity index (χ1n) is 5.47. The summed E-state index contributed by atoms with van der Waals surface area (Å²) in [6, 6.07) is 0. The van der Waals surface area contributed by atoms with Crippen LogP contribution in [0, 0.1) is 5.92 Å². The number of hydrogen-bond acceptors (Lipinski definition) is 4. The quantitative estimate of drug-likeness (QED) is 0.854. The maximum atomic E-state index is 11.9. The van der Waals surface area contributed by atoms with E-state index in [4.69, 9.17) is 11.6 Å². The van der Waals surface area contributed by atoms with E-state index < -0.39 is 17.4 Å². The van der Waals surface area contributed by atoms with Gasteiger partial charge in [0.2, 0.25) is 0 Å². The zero-order chi connectivity index (χ0) is 13.3. The second-order valence-corrected chi connectivity index (χ2v) is 4.85. The standard InChI is InChI=1S/C11H12ClN3O3/c1-11(10(17)18,6-2-3-6)15-9(16)7-4-14-8(12)5-13-7/h4-6H,2-3H2,1H3,(H,15,16)(H,17,18). The molecule has 7 heteroatoms. The van der Waals surface area contributed by atoms with Crippen molar-refractivity contribution >= 4 is 23.5 Å². The van der Waals surface area contributed by atoms with Gasteiger partial charge in [0.25, 0.3) is 5.91 Å². The summed E-state index contributed by atoms with van der Waals surface area (Å²) in [5, 5.41) is 11.9. The van der Waals surface area contributed by atoms with Gasteiger partial charge in [0.15, 0.2) is 0 Å². The van der Waals surface area contributed by atoms with Gasteiger partial charge >= 0.3 is 5.97 Å². The van der Waals surface area contributed by atoms with Gasteiger partial charge in [0.05, 0.1) is 12.4 Å². The van der Waals surface area contributed by atoms with Crippen LogP contribution in [0.3, 0.4) is 0 Å². The molecule has 96 valence electrons. The van der Waals surface area contributed by atoms with Crippen LogP contribution in [0.15, 0.2) is 12.4 Å². The van der Waals surface area contributed by atoms with Gasteiger partial charge in [-0.2, -0.15) is 0 Å². The Bertz CT molecular complexity index is 487. The summed E-state index contributed by atoms with van der Waals surface area (Å²) < 4.78 is 0. The molecule has 6 nitrogen and oxygen atoms in total. The van der Waals surface area contributed by atoms with E-state index in [1.807, 2.05) is 0 Å². The molecule has 1 aromatic heterocycles. The van der Waals surface area contributed by atoms with Crippen LogP contribution in [0.4, 0.5) is 0 Å². The first-order chi connectivity index (χ1) is 8.43. The van der Waals surface area contributed by atoms with Gasteiger partial charge in [-0.15, -0.1) is 0 Å². The molecule has 0 aromatic carbocycles. The number of carboxylic acid groups (broad SMARTS) is 1. The number of rotatable bonds is 4. The number of amides is 1. The summed E-state index contributed by atoms with van der Waals surface area (Å²) >= 11 is 5.56. The molecule has 1 aromatic rings. The van der Waals surface area contributed by atoms with Crippen LogP contribution in [0.1, 0.15) is 30.3 Å². The molecule has 1 aliphatic carbocycles. The molecule has 0 bridgehead atoms. The van der Waals surface area contributed by atoms with Gasteiger partial charge in [-0.1, -0.05) is 11.6 Å². The molecule has 2 N–H and O–H groups in total. The first-order valence-corrected chi connectivity index (χ1v) is 5.84. The molecule has 1 aliphatic rings. The third-order valence-electron chi connectivity index (χ3n) is 3.06. The second kappa shape index (κ2) is 4.53. The molecule has 1 amide bonds. The number of nitrogens with one attached hydrogen (secondary N) is 1. The highest BCUT2D eigenvalue weighted by atomic mass is 35.5. The van der Waals surface area contributed by atoms with Crippen molar-refractivity contribution in [3.05, 3.63) is 23.2 Å². The Morgan fingerprint density at radius 3 is 2.56 bits per heavy atom. The van der Waals surface area contributed by atoms with E-state index in [-0.39, 0.29) is 16.8 Å². The number of halogens is 1. The zero-order valence-electron chi connectivity index (χ0n) is 9.68. The number of hydrogen-bond donors (Lipinski definition) is 2. The van der Waals surface area contributed by atoms with Gasteiger partial charge < -0.3 is 10.4 Å². The molecule has 0 radical (unpaired) electrons. The Kier molecular flexibility index (Phi) is 3.21. The van der Waals surface area contributed by atoms with E-state index in [0.29, 0.717) is 0 Å². The molecular weight excluding hydrogens is 258 g/mol. The Balaban J connectivity index is 2.15. The lowest BCUT2D eigenvalue weighted by Crippen LogP contribution is -2.54. The first kappa shape index (κ1) is 12.8. The van der Waals surface area contributed by atoms with Gasteiger partial charge in [0.1, 0.15) is 16.4 Å². The van der Waals surface area contributed by atoms with Crippen LogP contribution in [0.25, 0.3) is 0 Å². The summed E-state index contributed by atoms with van der Waals surface area (Å²) in [5.74, 6) is -1.63. The molecule has 0 spiro atoms. The summed E-state index contributed by atoms with van der Waals surface area (Å²) in [7, 11) is 0. The summed E-state index contributed by atoms with van der Waals surface area (Å²) in [6.45, 7) is 1.51.